The first-order valence-electron chi connectivity index (χ1n) is 6.71. The molecule has 2 rings (SSSR count). The Morgan fingerprint density at radius 2 is 1.91 bits per heavy atom. The van der Waals surface area contributed by atoms with Crippen molar-refractivity contribution in [2.75, 3.05) is 18.1 Å². The molecule has 2 amide bonds. The second-order valence-corrected chi connectivity index (χ2v) is 5.89. The van der Waals surface area contributed by atoms with Gasteiger partial charge in [-0.15, -0.1) is 11.8 Å². The number of amides is 2. The number of anilines is 1. The van der Waals surface area contributed by atoms with Crippen molar-refractivity contribution in [3.05, 3.63) is 59.1 Å². The lowest BCUT2D eigenvalue weighted by Gasteiger charge is -2.13. The molecule has 0 saturated heterocycles. The van der Waals surface area contributed by atoms with Crippen LogP contribution in [-0.2, 0) is 0 Å². The highest BCUT2D eigenvalue weighted by atomic mass is 35.5. The lowest BCUT2D eigenvalue weighted by atomic mass is 10.1. The number of halogens is 1. The van der Waals surface area contributed by atoms with Crippen molar-refractivity contribution in [2.45, 2.75) is 11.0 Å². The molecule has 0 heterocycles. The molecule has 0 aliphatic heterocycles. The normalized spacial score (nSPS) is 11.8. The minimum Gasteiger partial charge on any atom is -0.387 e. The van der Waals surface area contributed by atoms with Crippen LogP contribution in [0.4, 0.5) is 10.5 Å². The van der Waals surface area contributed by atoms with Crippen molar-refractivity contribution in [1.82, 2.24) is 5.32 Å². The Kier molecular flexibility index (Phi) is 6.12. The second kappa shape index (κ2) is 8.08. The maximum atomic E-state index is 11.8. The van der Waals surface area contributed by atoms with Crippen LogP contribution in [0, 0.1) is 0 Å². The molecule has 116 valence electrons. The van der Waals surface area contributed by atoms with Crippen molar-refractivity contribution in [3.63, 3.8) is 0 Å². The molecule has 2 aromatic carbocycles. The SMILES string of the molecule is CSc1ccc([C@H](O)CNC(=O)Nc2ccccc2Cl)cc1. The van der Waals surface area contributed by atoms with Crippen LogP contribution in [0.1, 0.15) is 11.7 Å². The van der Waals surface area contributed by atoms with Gasteiger partial charge in [0.25, 0.3) is 0 Å². The van der Waals surface area contributed by atoms with Gasteiger partial charge in [-0.05, 0) is 36.1 Å². The first-order chi connectivity index (χ1) is 10.6. The Labute approximate surface area is 138 Å². The summed E-state index contributed by atoms with van der Waals surface area (Å²) in [4.78, 5) is 12.9. The monoisotopic (exact) mass is 336 g/mol. The summed E-state index contributed by atoms with van der Waals surface area (Å²) < 4.78 is 0. The summed E-state index contributed by atoms with van der Waals surface area (Å²) in [6.45, 7) is 0.120. The molecule has 0 aromatic heterocycles. The van der Waals surface area contributed by atoms with Gasteiger partial charge in [-0.1, -0.05) is 35.9 Å². The lowest BCUT2D eigenvalue weighted by Crippen LogP contribution is -2.32. The van der Waals surface area contributed by atoms with E-state index in [4.69, 9.17) is 11.6 Å². The summed E-state index contributed by atoms with van der Waals surface area (Å²) in [6.07, 6.45) is 1.24. The third-order valence-corrected chi connectivity index (χ3v) is 4.15. The second-order valence-electron chi connectivity index (χ2n) is 4.60. The molecule has 2 aromatic rings. The number of urea groups is 1. The summed E-state index contributed by atoms with van der Waals surface area (Å²) in [5.41, 5.74) is 1.29. The fraction of sp³-hybridized carbons (Fsp3) is 0.188. The fourth-order valence-electron chi connectivity index (χ4n) is 1.86. The standard InChI is InChI=1S/C16H17ClN2O2S/c1-22-12-8-6-11(7-9-12)15(20)10-18-16(21)19-14-5-3-2-4-13(14)17/h2-9,15,20H,10H2,1H3,(H2,18,19,21)/t15-/m1/s1. The number of carbonyl (C=O) groups is 1. The van der Waals surface area contributed by atoms with E-state index in [0.29, 0.717) is 10.7 Å². The van der Waals surface area contributed by atoms with Gasteiger partial charge in [-0.3, -0.25) is 0 Å². The number of thioether (sulfide) groups is 1. The number of aliphatic hydroxyl groups excluding tert-OH is 1. The van der Waals surface area contributed by atoms with Gasteiger partial charge >= 0.3 is 6.03 Å². The number of benzene rings is 2. The molecule has 0 fully saturated rings. The van der Waals surface area contributed by atoms with Crippen LogP contribution in [-0.4, -0.2) is 23.9 Å². The molecule has 6 heteroatoms. The summed E-state index contributed by atoms with van der Waals surface area (Å²) in [5.74, 6) is 0. The Bertz CT molecular complexity index is 634. The highest BCUT2D eigenvalue weighted by molar-refractivity contribution is 7.98. The molecular formula is C16H17ClN2O2S. The molecule has 0 aliphatic rings. The quantitative estimate of drug-likeness (QED) is 0.725. The molecule has 22 heavy (non-hydrogen) atoms. The maximum Gasteiger partial charge on any atom is 0.319 e. The number of hydrogen-bond acceptors (Lipinski definition) is 3. The van der Waals surface area contributed by atoms with Crippen LogP contribution in [0.5, 0.6) is 0 Å². The number of para-hydroxylation sites is 1. The van der Waals surface area contributed by atoms with Crippen LogP contribution >= 0.6 is 23.4 Å². The molecule has 0 bridgehead atoms. The van der Waals surface area contributed by atoms with E-state index in [9.17, 15) is 9.90 Å². The van der Waals surface area contributed by atoms with E-state index in [0.717, 1.165) is 10.5 Å². The minimum atomic E-state index is -0.757. The van der Waals surface area contributed by atoms with Gasteiger partial charge < -0.3 is 15.7 Å². The largest absolute Gasteiger partial charge is 0.387 e. The topological polar surface area (TPSA) is 61.4 Å². The van der Waals surface area contributed by atoms with E-state index >= 15 is 0 Å². The van der Waals surface area contributed by atoms with Crippen molar-refractivity contribution in [3.8, 4) is 0 Å². The molecule has 0 unspecified atom stereocenters. The lowest BCUT2D eigenvalue weighted by molar-refractivity contribution is 0.175. The Balaban J connectivity index is 1.86. The van der Waals surface area contributed by atoms with Gasteiger partial charge in [-0.25, -0.2) is 4.79 Å². The van der Waals surface area contributed by atoms with E-state index in [2.05, 4.69) is 10.6 Å². The van der Waals surface area contributed by atoms with Gasteiger partial charge in [0, 0.05) is 11.4 Å². The maximum absolute atomic E-state index is 11.8. The zero-order valence-electron chi connectivity index (χ0n) is 12.0. The molecule has 0 aliphatic carbocycles. The van der Waals surface area contributed by atoms with Crippen molar-refractivity contribution in [2.24, 2.45) is 0 Å². The van der Waals surface area contributed by atoms with Crippen molar-refractivity contribution in [1.29, 1.82) is 0 Å². The van der Waals surface area contributed by atoms with Crippen LogP contribution in [0.3, 0.4) is 0 Å². The van der Waals surface area contributed by atoms with Gasteiger partial charge in [0.05, 0.1) is 16.8 Å². The van der Waals surface area contributed by atoms with E-state index in [1.807, 2.05) is 30.5 Å². The van der Waals surface area contributed by atoms with Gasteiger partial charge in [-0.2, -0.15) is 0 Å². The number of carbonyl (C=O) groups excluding carboxylic acids is 1. The molecule has 1 atom stereocenters. The molecule has 0 radical (unpaired) electrons. The van der Waals surface area contributed by atoms with Crippen LogP contribution in [0.25, 0.3) is 0 Å². The smallest absolute Gasteiger partial charge is 0.319 e. The minimum absolute atomic E-state index is 0.120. The van der Waals surface area contributed by atoms with Crippen molar-refractivity contribution < 1.29 is 9.90 Å². The number of nitrogens with one attached hydrogen (secondary N) is 2. The number of rotatable bonds is 5. The van der Waals surface area contributed by atoms with Crippen LogP contribution in [0.2, 0.25) is 5.02 Å². The Morgan fingerprint density at radius 3 is 2.55 bits per heavy atom. The number of hydrogen-bond donors (Lipinski definition) is 3. The highest BCUT2D eigenvalue weighted by Gasteiger charge is 2.10. The highest BCUT2D eigenvalue weighted by Crippen LogP contribution is 2.21. The molecular weight excluding hydrogens is 320 g/mol. The molecule has 0 saturated carbocycles. The third-order valence-electron chi connectivity index (χ3n) is 3.08. The predicted octanol–water partition coefficient (Wildman–Crippen LogP) is 3.92. The van der Waals surface area contributed by atoms with Gasteiger partial charge in [0.1, 0.15) is 0 Å². The Morgan fingerprint density at radius 1 is 1.23 bits per heavy atom. The van der Waals surface area contributed by atoms with E-state index in [-0.39, 0.29) is 6.54 Å². The van der Waals surface area contributed by atoms with Gasteiger partial charge in [0.2, 0.25) is 0 Å². The first kappa shape index (κ1) is 16.7. The van der Waals surface area contributed by atoms with Crippen LogP contribution < -0.4 is 10.6 Å². The molecule has 4 nitrogen and oxygen atoms in total. The number of aliphatic hydroxyl groups is 1. The van der Waals surface area contributed by atoms with E-state index in [1.165, 1.54) is 0 Å². The Hall–Kier alpha value is -1.69. The zero-order chi connectivity index (χ0) is 15.9. The summed E-state index contributed by atoms with van der Waals surface area (Å²) >= 11 is 7.60. The molecule has 0 spiro atoms. The summed E-state index contributed by atoms with van der Waals surface area (Å²) in [7, 11) is 0. The van der Waals surface area contributed by atoms with Crippen molar-refractivity contribution >= 4 is 35.1 Å². The fourth-order valence-corrected chi connectivity index (χ4v) is 2.45. The van der Waals surface area contributed by atoms with E-state index < -0.39 is 12.1 Å². The van der Waals surface area contributed by atoms with Crippen LogP contribution in [0.15, 0.2) is 53.4 Å². The summed E-state index contributed by atoms with van der Waals surface area (Å²) in [6, 6.07) is 14.1. The summed E-state index contributed by atoms with van der Waals surface area (Å²) in [5, 5.41) is 15.8. The molecule has 3 N–H and O–H groups in total. The first-order valence-corrected chi connectivity index (χ1v) is 8.32. The average molecular weight is 337 g/mol. The van der Waals surface area contributed by atoms with Gasteiger partial charge in [0.15, 0.2) is 0 Å². The predicted molar refractivity (Wildman–Crippen MR) is 91.7 cm³/mol. The third kappa shape index (κ3) is 4.66. The van der Waals surface area contributed by atoms with E-state index in [1.54, 1.807) is 36.0 Å². The zero-order valence-corrected chi connectivity index (χ0v) is 13.6. The average Bonchev–Trinajstić information content (AvgIpc) is 2.55.